The third-order valence-electron chi connectivity index (χ3n) is 17.1. The monoisotopic (exact) mass is 780 g/mol. The van der Waals surface area contributed by atoms with Gasteiger partial charge in [0, 0.05) is 30.8 Å². The van der Waals surface area contributed by atoms with Gasteiger partial charge in [0.15, 0.2) is 0 Å². The number of aliphatic hydroxyl groups is 3. The Labute approximate surface area is 341 Å². The highest BCUT2D eigenvalue weighted by Gasteiger charge is 2.78. The van der Waals surface area contributed by atoms with Crippen LogP contribution in [0.5, 0.6) is 0 Å². The van der Waals surface area contributed by atoms with Crippen molar-refractivity contribution >= 4 is 11.9 Å². The van der Waals surface area contributed by atoms with Crippen molar-refractivity contribution in [3.05, 3.63) is 59.7 Å². The fourth-order valence-electron chi connectivity index (χ4n) is 14.1. The molecule has 4 saturated carbocycles. The molecule has 1 aromatic rings. The summed E-state index contributed by atoms with van der Waals surface area (Å²) >= 11 is 0. The van der Waals surface area contributed by atoms with Gasteiger partial charge in [0.2, 0.25) is 0 Å². The van der Waals surface area contributed by atoms with E-state index in [0.717, 1.165) is 76.2 Å². The van der Waals surface area contributed by atoms with Crippen LogP contribution in [0.15, 0.2) is 54.1 Å². The molecule has 4 bridgehead atoms. The lowest BCUT2D eigenvalue weighted by atomic mass is 9.34. The number of esters is 2. The zero-order valence-corrected chi connectivity index (χ0v) is 34.9. The zero-order valence-electron chi connectivity index (χ0n) is 34.9. The number of carbonyl (C=O) groups excluding carboxylic acids is 2. The van der Waals surface area contributed by atoms with Crippen LogP contribution in [0.3, 0.4) is 0 Å². The second-order valence-corrected chi connectivity index (χ2v) is 20.3. The van der Waals surface area contributed by atoms with Crippen molar-refractivity contribution < 1.29 is 34.4 Å². The van der Waals surface area contributed by atoms with Gasteiger partial charge in [-0.2, -0.15) is 0 Å². The highest BCUT2D eigenvalue weighted by Crippen LogP contribution is 2.72. The number of ether oxygens (including phenoxy) is 2. The topological polar surface area (TPSA) is 113 Å². The summed E-state index contributed by atoms with van der Waals surface area (Å²) in [5.74, 6) is 6.21. The highest BCUT2D eigenvalue weighted by atomic mass is 16.5. The average molecular weight is 781 g/mol. The summed E-state index contributed by atoms with van der Waals surface area (Å²) < 4.78 is 12.4. The standard InChI is InChI=1S/C50H68O7/c1-34(14-12-17-35-15-6-4-7-16-35)30-37-21-22-39-20-10-11-26-48(39)27-13-25-46(2)32-40(57-45(48)54)43-47(3,38-18-8-5-9-19-38)28-24-41(51)50(43,44(37)53)49(46,55)29-23-36-31-42(52)56-33-36/h4,6-7,15-16,21-22,31,34,37-41,43-44,51,53,55H,5,8-12,14,17-20,23-24,26-30,32-33H2,1-3H3. The molecule has 7 nitrogen and oxygen atoms in total. The van der Waals surface area contributed by atoms with Crippen molar-refractivity contribution in [2.75, 3.05) is 6.61 Å². The molecular weight excluding hydrogens is 713 g/mol. The third kappa shape index (κ3) is 6.86. The molecule has 0 aromatic heterocycles. The minimum absolute atomic E-state index is 0.0722. The van der Waals surface area contributed by atoms with Crippen LogP contribution in [0.2, 0.25) is 0 Å². The number of carbonyl (C=O) groups is 2. The molecule has 0 amide bonds. The SMILES string of the molecule is CC(CCCc1ccccc1)CC1C=CC2CCCCC23CC#CC2(C)CC(OC3=O)C3C(C)(C4CCCCC4)CCC(O)C3(C1O)C2(O)CCC1=CC(=O)OC1. The van der Waals surface area contributed by atoms with E-state index in [4.69, 9.17) is 9.47 Å². The van der Waals surface area contributed by atoms with E-state index in [-0.39, 0.29) is 42.7 Å². The number of aryl methyl sites for hydroxylation is 1. The molecule has 1 aromatic carbocycles. The van der Waals surface area contributed by atoms with Crippen LogP contribution in [-0.4, -0.2) is 57.8 Å². The number of aliphatic hydroxyl groups excluding tert-OH is 2. The number of rotatable bonds is 10. The molecule has 0 saturated heterocycles. The van der Waals surface area contributed by atoms with Gasteiger partial charge in [-0.15, -0.1) is 5.92 Å². The minimum Gasteiger partial charge on any atom is -0.462 e. The fraction of sp³-hybridized carbons (Fsp3) is 0.720. The van der Waals surface area contributed by atoms with E-state index in [1.807, 2.05) is 6.92 Å². The summed E-state index contributed by atoms with van der Waals surface area (Å²) in [5, 5.41) is 41.2. The molecule has 1 spiro atoms. The maximum absolute atomic E-state index is 15.2. The first-order valence-electron chi connectivity index (χ1n) is 22.7. The lowest BCUT2D eigenvalue weighted by Crippen LogP contribution is -2.80. The Kier molecular flexibility index (Phi) is 11.4. The summed E-state index contributed by atoms with van der Waals surface area (Å²) in [7, 11) is 0. The lowest BCUT2D eigenvalue weighted by molar-refractivity contribution is -0.342. The number of hydrogen-bond donors (Lipinski definition) is 3. The van der Waals surface area contributed by atoms with Gasteiger partial charge < -0.3 is 24.8 Å². The smallest absolute Gasteiger partial charge is 0.331 e. The molecular formula is C50H68O7. The first kappa shape index (κ1) is 40.8. The Balaban J connectivity index is 1.31. The second kappa shape index (κ2) is 15.9. The number of hydrogen-bond acceptors (Lipinski definition) is 7. The first-order chi connectivity index (χ1) is 27.4. The molecule has 3 heterocycles. The Hall–Kier alpha value is -2.92. The molecule has 310 valence electrons. The van der Waals surface area contributed by atoms with Crippen LogP contribution in [0.4, 0.5) is 0 Å². The summed E-state index contributed by atoms with van der Waals surface area (Å²) in [5.41, 5.74) is -3.42. The van der Waals surface area contributed by atoms with Gasteiger partial charge in [-0.05, 0) is 112 Å². The lowest BCUT2D eigenvalue weighted by Gasteiger charge is -2.72. The van der Waals surface area contributed by atoms with Crippen molar-refractivity contribution in [2.24, 2.45) is 51.2 Å². The van der Waals surface area contributed by atoms with Crippen LogP contribution in [-0.2, 0) is 25.5 Å². The highest BCUT2D eigenvalue weighted by molar-refractivity contribution is 5.85. The molecule has 3 N–H and O–H groups in total. The molecule has 12 unspecified atom stereocenters. The Morgan fingerprint density at radius 1 is 0.930 bits per heavy atom. The Morgan fingerprint density at radius 3 is 2.46 bits per heavy atom. The third-order valence-corrected chi connectivity index (χ3v) is 17.1. The van der Waals surface area contributed by atoms with E-state index < -0.39 is 51.5 Å². The predicted octanol–water partition coefficient (Wildman–Crippen LogP) is 8.83. The van der Waals surface area contributed by atoms with Crippen molar-refractivity contribution in [3.8, 4) is 11.8 Å². The van der Waals surface area contributed by atoms with E-state index in [1.165, 1.54) is 18.1 Å². The second-order valence-electron chi connectivity index (χ2n) is 20.3. The normalized spacial score (nSPS) is 42.2. The van der Waals surface area contributed by atoms with Gasteiger partial charge in [0.25, 0.3) is 0 Å². The number of benzene rings is 1. The number of fused-ring (bicyclic) bond motifs is 2. The van der Waals surface area contributed by atoms with Crippen LogP contribution < -0.4 is 0 Å². The molecule has 3 aliphatic heterocycles. The van der Waals surface area contributed by atoms with Crippen LogP contribution in [0.1, 0.15) is 142 Å². The Morgan fingerprint density at radius 2 is 1.70 bits per heavy atom. The predicted molar refractivity (Wildman–Crippen MR) is 220 cm³/mol. The number of allylic oxidation sites excluding steroid dienone is 1. The first-order valence-corrected chi connectivity index (χ1v) is 22.7. The van der Waals surface area contributed by atoms with E-state index in [0.29, 0.717) is 44.4 Å². The van der Waals surface area contributed by atoms with Gasteiger partial charge in [0.05, 0.1) is 34.1 Å². The quantitative estimate of drug-likeness (QED) is 0.124. The van der Waals surface area contributed by atoms with E-state index in [1.54, 1.807) is 0 Å². The summed E-state index contributed by atoms with van der Waals surface area (Å²) in [6, 6.07) is 10.6. The van der Waals surface area contributed by atoms with Crippen molar-refractivity contribution in [2.45, 2.75) is 167 Å². The van der Waals surface area contributed by atoms with E-state index >= 15 is 4.79 Å². The molecule has 7 heteroatoms. The van der Waals surface area contributed by atoms with Gasteiger partial charge >= 0.3 is 11.9 Å². The van der Waals surface area contributed by atoms with Gasteiger partial charge in [-0.3, -0.25) is 4.79 Å². The maximum atomic E-state index is 15.2. The number of cyclic esters (lactones) is 1. The molecule has 8 rings (SSSR count). The summed E-state index contributed by atoms with van der Waals surface area (Å²) in [6.07, 6.45) is 18.3. The fourth-order valence-corrected chi connectivity index (χ4v) is 14.1. The maximum Gasteiger partial charge on any atom is 0.331 e. The summed E-state index contributed by atoms with van der Waals surface area (Å²) in [4.78, 5) is 27.5. The van der Waals surface area contributed by atoms with Crippen molar-refractivity contribution in [3.63, 3.8) is 0 Å². The molecule has 12 atom stereocenters. The largest absolute Gasteiger partial charge is 0.462 e. The summed E-state index contributed by atoms with van der Waals surface area (Å²) in [6.45, 7) is 6.81. The van der Waals surface area contributed by atoms with Gasteiger partial charge in [-0.1, -0.05) is 101 Å². The van der Waals surface area contributed by atoms with Gasteiger partial charge in [0.1, 0.15) is 12.7 Å². The average Bonchev–Trinajstić information content (AvgIpc) is 3.64. The molecule has 57 heavy (non-hydrogen) atoms. The van der Waals surface area contributed by atoms with Crippen molar-refractivity contribution in [1.29, 1.82) is 0 Å². The minimum atomic E-state index is -1.70. The van der Waals surface area contributed by atoms with Crippen LogP contribution in [0.25, 0.3) is 0 Å². The molecule has 7 aliphatic rings. The van der Waals surface area contributed by atoms with Crippen LogP contribution >= 0.6 is 0 Å². The van der Waals surface area contributed by atoms with E-state index in [9.17, 15) is 20.1 Å². The van der Waals surface area contributed by atoms with Gasteiger partial charge in [-0.25, -0.2) is 4.79 Å². The molecule has 4 aliphatic carbocycles. The van der Waals surface area contributed by atoms with Crippen molar-refractivity contribution in [1.82, 2.24) is 0 Å². The zero-order chi connectivity index (χ0) is 40.1. The molecule has 0 radical (unpaired) electrons. The van der Waals surface area contributed by atoms with Crippen LogP contribution in [0, 0.1) is 63.1 Å². The van der Waals surface area contributed by atoms with E-state index in [2.05, 4.69) is 68.2 Å². The molecule has 4 fully saturated rings. The Bertz CT molecular complexity index is 1770.